The number of allylic oxidation sites excluding steroid dienone is 1. The molecule has 0 spiro atoms. The van der Waals surface area contributed by atoms with E-state index in [-0.39, 0.29) is 11.3 Å². The average Bonchev–Trinajstić information content (AvgIpc) is 3.58. The number of hydrogen-bond acceptors (Lipinski definition) is 7. The lowest BCUT2D eigenvalue weighted by Crippen LogP contribution is -2.60. The maximum atomic E-state index is 13.4. The van der Waals surface area contributed by atoms with Crippen LogP contribution in [0.5, 0.6) is 11.5 Å². The monoisotopic (exact) mass is 461 g/mol. The van der Waals surface area contributed by atoms with E-state index in [0.29, 0.717) is 22.6 Å². The van der Waals surface area contributed by atoms with Crippen LogP contribution in [0.4, 0.5) is 0 Å². The number of oxime groups is 1. The molecule has 0 radical (unpaired) electrons. The van der Waals surface area contributed by atoms with Crippen molar-refractivity contribution in [2.75, 3.05) is 14.2 Å². The van der Waals surface area contributed by atoms with Gasteiger partial charge in [0.1, 0.15) is 11.3 Å². The fraction of sp³-hybridized carbons (Fsp3) is 0.160. The van der Waals surface area contributed by atoms with Crippen LogP contribution < -0.4 is 15.2 Å². The summed E-state index contributed by atoms with van der Waals surface area (Å²) in [5, 5.41) is 24.0. The third-order valence-corrected chi connectivity index (χ3v) is 6.01. The first-order valence-corrected chi connectivity index (χ1v) is 10.3. The first-order chi connectivity index (χ1) is 16.5. The second-order valence-corrected chi connectivity index (χ2v) is 7.54. The summed E-state index contributed by atoms with van der Waals surface area (Å²) in [5.41, 5.74) is 3.47. The predicted molar refractivity (Wildman–Crippen MR) is 126 cm³/mol. The lowest BCUT2D eigenvalue weighted by atomic mass is 9.60. The van der Waals surface area contributed by atoms with E-state index in [9.17, 15) is 15.1 Å². The Balaban J connectivity index is 2.22. The molecule has 0 aliphatic carbocycles. The Morgan fingerprint density at radius 1 is 1.12 bits per heavy atom. The largest absolute Gasteiger partial charge is 0.493 e. The number of rotatable bonds is 8. The molecule has 2 heterocycles. The van der Waals surface area contributed by atoms with Gasteiger partial charge in [0.05, 0.1) is 20.5 Å². The zero-order chi connectivity index (χ0) is 24.3. The number of amidine groups is 1. The van der Waals surface area contributed by atoms with Gasteiger partial charge in [0.15, 0.2) is 22.7 Å². The van der Waals surface area contributed by atoms with Crippen LogP contribution in [0.2, 0.25) is 0 Å². The number of aliphatic carboxylic acids is 1. The van der Waals surface area contributed by atoms with Crippen molar-refractivity contribution < 1.29 is 29.0 Å². The van der Waals surface area contributed by atoms with Gasteiger partial charge in [0, 0.05) is 11.8 Å². The second kappa shape index (κ2) is 8.78. The smallest absolute Gasteiger partial charge is 0.325 e. The normalized spacial score (nSPS) is 19.1. The molecule has 0 bridgehead atoms. The number of nitrogens with two attached hydrogens (primary N) is 1. The van der Waals surface area contributed by atoms with Gasteiger partial charge in [0.2, 0.25) is 0 Å². The van der Waals surface area contributed by atoms with Crippen molar-refractivity contribution >= 4 is 18.0 Å². The van der Waals surface area contributed by atoms with Crippen LogP contribution in [-0.2, 0) is 15.7 Å². The zero-order valence-corrected chi connectivity index (χ0v) is 18.5. The summed E-state index contributed by atoms with van der Waals surface area (Å²) in [4.78, 5) is 18.0. The van der Waals surface area contributed by atoms with Gasteiger partial charge in [-0.25, -0.2) is 0 Å². The average molecular weight is 461 g/mol. The SMILES string of the molecule is COc1cc(-c2ccco2)c(C(C(=O)O)(C(N)=NO)C2(c3ccccc3)C=CC=N2)cc1OC. The van der Waals surface area contributed by atoms with Crippen LogP contribution in [0.3, 0.4) is 0 Å². The van der Waals surface area contributed by atoms with Crippen molar-refractivity contribution in [1.29, 1.82) is 0 Å². The highest BCUT2D eigenvalue weighted by molar-refractivity contribution is 6.14. The molecule has 0 amide bonds. The summed E-state index contributed by atoms with van der Waals surface area (Å²) in [6.45, 7) is 0. The highest BCUT2D eigenvalue weighted by Gasteiger charge is 2.63. The maximum Gasteiger partial charge on any atom is 0.325 e. The van der Waals surface area contributed by atoms with Crippen LogP contribution >= 0.6 is 0 Å². The number of carboxylic acid groups (broad SMARTS) is 1. The molecule has 9 heteroatoms. The molecule has 174 valence electrons. The minimum Gasteiger partial charge on any atom is -0.493 e. The summed E-state index contributed by atoms with van der Waals surface area (Å²) >= 11 is 0. The fourth-order valence-corrected chi connectivity index (χ4v) is 4.51. The third-order valence-electron chi connectivity index (χ3n) is 6.01. The highest BCUT2D eigenvalue weighted by atomic mass is 16.5. The molecule has 0 saturated carbocycles. The van der Waals surface area contributed by atoms with Gasteiger partial charge in [-0.1, -0.05) is 35.5 Å². The van der Waals surface area contributed by atoms with E-state index in [4.69, 9.17) is 19.6 Å². The summed E-state index contributed by atoms with van der Waals surface area (Å²) < 4.78 is 16.6. The molecule has 9 nitrogen and oxygen atoms in total. The molecular weight excluding hydrogens is 438 g/mol. The number of carboxylic acids is 1. The Bertz CT molecular complexity index is 1270. The van der Waals surface area contributed by atoms with E-state index in [1.807, 2.05) is 0 Å². The van der Waals surface area contributed by atoms with Crippen molar-refractivity contribution in [1.82, 2.24) is 0 Å². The summed E-state index contributed by atoms with van der Waals surface area (Å²) in [6, 6.07) is 15.2. The Kier molecular flexibility index (Phi) is 5.85. The molecule has 0 fully saturated rings. The van der Waals surface area contributed by atoms with Crippen molar-refractivity contribution in [2.45, 2.75) is 11.0 Å². The summed E-state index contributed by atoms with van der Waals surface area (Å²) in [6.07, 6.45) is 6.20. The van der Waals surface area contributed by atoms with Gasteiger partial charge in [-0.15, -0.1) is 0 Å². The van der Waals surface area contributed by atoms with Gasteiger partial charge in [-0.05, 0) is 47.5 Å². The molecule has 1 aliphatic rings. The number of benzene rings is 2. The maximum absolute atomic E-state index is 13.4. The number of methoxy groups -OCH3 is 2. The van der Waals surface area contributed by atoms with E-state index < -0.39 is 22.8 Å². The van der Waals surface area contributed by atoms with Gasteiger partial charge in [-0.2, -0.15) is 0 Å². The highest BCUT2D eigenvalue weighted by Crippen LogP contribution is 2.53. The standard InChI is InChI=1S/C25H23N3O6/c1-32-20-14-17(19-10-6-13-34-19)18(15-21(20)33-2)25(23(29)30,22(26)28-31)24(11-7-12-27-24)16-8-4-3-5-9-16/h3-15,31H,1-2H3,(H2,26,28)(H,29,30). The lowest BCUT2D eigenvalue weighted by Gasteiger charge is -2.43. The predicted octanol–water partition coefficient (Wildman–Crippen LogP) is 3.57. The number of hydrogen-bond donors (Lipinski definition) is 3. The van der Waals surface area contributed by atoms with Crippen LogP contribution in [0, 0.1) is 0 Å². The molecule has 0 saturated heterocycles. The van der Waals surface area contributed by atoms with Crippen LogP contribution in [0.15, 0.2) is 87.6 Å². The third kappa shape index (κ3) is 3.13. The number of ether oxygens (including phenoxy) is 2. The Hall–Kier alpha value is -4.53. The van der Waals surface area contributed by atoms with Crippen molar-refractivity contribution in [3.63, 3.8) is 0 Å². The lowest BCUT2D eigenvalue weighted by molar-refractivity contribution is -0.143. The van der Waals surface area contributed by atoms with E-state index in [2.05, 4.69) is 10.1 Å². The van der Waals surface area contributed by atoms with Crippen molar-refractivity contribution in [2.24, 2.45) is 15.9 Å². The summed E-state index contributed by atoms with van der Waals surface area (Å²) in [5.74, 6) is -1.03. The molecule has 3 aromatic rings. The molecule has 2 atom stereocenters. The Morgan fingerprint density at radius 2 is 1.82 bits per heavy atom. The quantitative estimate of drug-likeness (QED) is 0.202. The number of aliphatic imine (C=N–C) groups is 1. The molecule has 4 N–H and O–H groups in total. The molecular formula is C25H23N3O6. The number of nitrogens with zero attached hydrogens (tertiary/aromatic N) is 2. The van der Waals surface area contributed by atoms with Gasteiger partial charge < -0.3 is 29.9 Å². The van der Waals surface area contributed by atoms with Gasteiger partial charge >= 0.3 is 5.97 Å². The van der Waals surface area contributed by atoms with Crippen LogP contribution in [-0.4, -0.2) is 42.6 Å². The number of carbonyl (C=O) groups is 1. The van der Waals surface area contributed by atoms with E-state index in [1.54, 1.807) is 60.7 Å². The van der Waals surface area contributed by atoms with Crippen LogP contribution in [0.25, 0.3) is 11.3 Å². The Labute approximate surface area is 195 Å². The molecule has 2 unspecified atom stereocenters. The van der Waals surface area contributed by atoms with Crippen molar-refractivity contribution in [3.05, 3.63) is 84.1 Å². The first kappa shape index (κ1) is 22.7. The van der Waals surface area contributed by atoms with Crippen LogP contribution in [0.1, 0.15) is 11.1 Å². The minimum absolute atomic E-state index is 0.135. The van der Waals surface area contributed by atoms with E-state index in [0.717, 1.165) is 0 Å². The molecule has 2 aromatic carbocycles. The van der Waals surface area contributed by atoms with Gasteiger partial charge in [0.25, 0.3) is 0 Å². The number of furan rings is 1. The minimum atomic E-state index is -2.21. The van der Waals surface area contributed by atoms with E-state index >= 15 is 0 Å². The molecule has 34 heavy (non-hydrogen) atoms. The zero-order valence-electron chi connectivity index (χ0n) is 18.5. The van der Waals surface area contributed by atoms with Crippen molar-refractivity contribution in [3.8, 4) is 22.8 Å². The fourth-order valence-electron chi connectivity index (χ4n) is 4.51. The first-order valence-electron chi connectivity index (χ1n) is 10.3. The molecule has 1 aliphatic heterocycles. The molecule has 1 aromatic heterocycles. The van der Waals surface area contributed by atoms with Gasteiger partial charge in [-0.3, -0.25) is 9.79 Å². The molecule has 4 rings (SSSR count). The Morgan fingerprint density at radius 3 is 2.35 bits per heavy atom. The summed E-state index contributed by atoms with van der Waals surface area (Å²) in [7, 11) is 2.90. The van der Waals surface area contributed by atoms with E-state index in [1.165, 1.54) is 32.8 Å². The topological polar surface area (TPSA) is 140 Å². The second-order valence-electron chi connectivity index (χ2n) is 7.54.